The van der Waals surface area contributed by atoms with Crippen LogP contribution in [0.4, 0.5) is 0 Å². The van der Waals surface area contributed by atoms with Crippen LogP contribution in [0.5, 0.6) is 5.75 Å². The topological polar surface area (TPSA) is 46.5 Å². The maximum absolute atomic E-state index is 10.8. The van der Waals surface area contributed by atoms with Crippen LogP contribution >= 0.6 is 22.6 Å². The minimum Gasteiger partial charge on any atom is -0.489 e. The molecular weight excluding hydrogens is 355 g/mol. The van der Waals surface area contributed by atoms with Gasteiger partial charge in [-0.05, 0) is 71.0 Å². The van der Waals surface area contributed by atoms with Crippen molar-refractivity contribution < 1.29 is 14.6 Å². The van der Waals surface area contributed by atoms with Gasteiger partial charge in [-0.15, -0.1) is 0 Å². The molecule has 0 unspecified atom stereocenters. The molecule has 0 aliphatic rings. The SMILES string of the molecule is Cc1cc(C(=O)O)ccc1OCc1ccc(I)cc1. The maximum atomic E-state index is 10.8. The first-order valence-electron chi connectivity index (χ1n) is 5.77. The van der Waals surface area contributed by atoms with E-state index in [2.05, 4.69) is 22.6 Å². The van der Waals surface area contributed by atoms with Crippen LogP contribution in [0.15, 0.2) is 42.5 Å². The summed E-state index contributed by atoms with van der Waals surface area (Å²) >= 11 is 2.26. The van der Waals surface area contributed by atoms with Gasteiger partial charge in [-0.3, -0.25) is 0 Å². The Bertz CT molecular complexity index is 591. The van der Waals surface area contributed by atoms with Gasteiger partial charge in [-0.2, -0.15) is 0 Å². The van der Waals surface area contributed by atoms with E-state index in [1.807, 2.05) is 31.2 Å². The minimum atomic E-state index is -0.924. The summed E-state index contributed by atoms with van der Waals surface area (Å²) in [6.45, 7) is 2.32. The molecule has 0 atom stereocenters. The third kappa shape index (κ3) is 3.70. The number of aromatic carboxylic acids is 1. The molecule has 1 N–H and O–H groups in total. The van der Waals surface area contributed by atoms with E-state index in [4.69, 9.17) is 9.84 Å². The highest BCUT2D eigenvalue weighted by atomic mass is 127. The number of carbonyl (C=O) groups is 1. The molecule has 0 saturated carbocycles. The summed E-state index contributed by atoms with van der Waals surface area (Å²) in [5.74, 6) is -0.212. The van der Waals surface area contributed by atoms with E-state index < -0.39 is 5.97 Å². The number of ether oxygens (including phenoxy) is 1. The monoisotopic (exact) mass is 368 g/mol. The Kier molecular flexibility index (Phi) is 4.42. The molecule has 98 valence electrons. The fourth-order valence-electron chi connectivity index (χ4n) is 1.69. The Morgan fingerprint density at radius 3 is 2.47 bits per heavy atom. The van der Waals surface area contributed by atoms with E-state index in [0.717, 1.165) is 11.1 Å². The van der Waals surface area contributed by atoms with Crippen molar-refractivity contribution >= 4 is 28.6 Å². The van der Waals surface area contributed by atoms with Gasteiger partial charge in [0.15, 0.2) is 0 Å². The van der Waals surface area contributed by atoms with Crippen molar-refractivity contribution in [2.45, 2.75) is 13.5 Å². The van der Waals surface area contributed by atoms with Crippen LogP contribution < -0.4 is 4.74 Å². The molecule has 0 heterocycles. The standard InChI is InChI=1S/C15H13IO3/c1-10-8-12(15(17)18)4-7-14(10)19-9-11-2-5-13(16)6-3-11/h2-8H,9H2,1H3,(H,17,18). The zero-order chi connectivity index (χ0) is 13.8. The first kappa shape index (κ1) is 13.9. The average Bonchev–Trinajstić information content (AvgIpc) is 2.39. The summed E-state index contributed by atoms with van der Waals surface area (Å²) in [6, 6.07) is 13.0. The normalized spacial score (nSPS) is 10.2. The Labute approximate surface area is 125 Å². The number of rotatable bonds is 4. The largest absolute Gasteiger partial charge is 0.489 e. The van der Waals surface area contributed by atoms with Crippen LogP contribution in [0.1, 0.15) is 21.5 Å². The zero-order valence-corrected chi connectivity index (χ0v) is 12.5. The zero-order valence-electron chi connectivity index (χ0n) is 10.4. The second-order valence-electron chi connectivity index (χ2n) is 4.20. The molecule has 0 saturated heterocycles. The Balaban J connectivity index is 2.07. The first-order valence-corrected chi connectivity index (χ1v) is 6.85. The molecular formula is C15H13IO3. The lowest BCUT2D eigenvalue weighted by Crippen LogP contribution is -2.00. The van der Waals surface area contributed by atoms with E-state index in [-0.39, 0.29) is 5.56 Å². The molecule has 0 aliphatic carbocycles. The molecule has 19 heavy (non-hydrogen) atoms. The van der Waals surface area contributed by atoms with E-state index in [1.165, 1.54) is 3.57 Å². The van der Waals surface area contributed by atoms with Gasteiger partial charge in [0.1, 0.15) is 12.4 Å². The molecule has 2 aromatic carbocycles. The van der Waals surface area contributed by atoms with Crippen LogP contribution in [0.2, 0.25) is 0 Å². The molecule has 0 bridgehead atoms. The molecule has 0 amide bonds. The van der Waals surface area contributed by atoms with Crippen molar-refractivity contribution in [3.8, 4) is 5.75 Å². The highest BCUT2D eigenvalue weighted by molar-refractivity contribution is 14.1. The fraction of sp³-hybridized carbons (Fsp3) is 0.133. The highest BCUT2D eigenvalue weighted by Crippen LogP contribution is 2.20. The number of carboxylic acid groups (broad SMARTS) is 1. The first-order chi connectivity index (χ1) is 9.06. The van der Waals surface area contributed by atoms with E-state index >= 15 is 0 Å². The summed E-state index contributed by atoms with van der Waals surface area (Å²) in [5, 5.41) is 8.89. The number of carboxylic acids is 1. The molecule has 3 nitrogen and oxygen atoms in total. The number of benzene rings is 2. The van der Waals surface area contributed by atoms with Crippen molar-refractivity contribution in [3.63, 3.8) is 0 Å². The number of hydrogen-bond donors (Lipinski definition) is 1. The second kappa shape index (κ2) is 6.06. The van der Waals surface area contributed by atoms with Crippen LogP contribution in [-0.4, -0.2) is 11.1 Å². The van der Waals surface area contributed by atoms with Crippen LogP contribution in [0.3, 0.4) is 0 Å². The van der Waals surface area contributed by atoms with Gasteiger partial charge in [-0.25, -0.2) is 4.79 Å². The van der Waals surface area contributed by atoms with Crippen molar-refractivity contribution in [3.05, 3.63) is 62.7 Å². The lowest BCUT2D eigenvalue weighted by atomic mass is 10.1. The van der Waals surface area contributed by atoms with Gasteiger partial charge >= 0.3 is 5.97 Å². The molecule has 2 aromatic rings. The smallest absolute Gasteiger partial charge is 0.335 e. The van der Waals surface area contributed by atoms with Gasteiger partial charge in [0.05, 0.1) is 5.56 Å². The quantitative estimate of drug-likeness (QED) is 0.834. The van der Waals surface area contributed by atoms with Crippen LogP contribution in [0.25, 0.3) is 0 Å². The number of halogens is 1. The van der Waals surface area contributed by atoms with Crippen LogP contribution in [-0.2, 0) is 6.61 Å². The maximum Gasteiger partial charge on any atom is 0.335 e. The summed E-state index contributed by atoms with van der Waals surface area (Å²) in [6.07, 6.45) is 0. The fourth-order valence-corrected chi connectivity index (χ4v) is 2.05. The number of aryl methyl sites for hydroxylation is 1. The Morgan fingerprint density at radius 1 is 1.21 bits per heavy atom. The average molecular weight is 368 g/mol. The molecule has 0 aliphatic heterocycles. The highest BCUT2D eigenvalue weighted by Gasteiger charge is 2.06. The van der Waals surface area contributed by atoms with E-state index in [0.29, 0.717) is 12.4 Å². The van der Waals surface area contributed by atoms with Gasteiger partial charge < -0.3 is 9.84 Å². The summed E-state index contributed by atoms with van der Waals surface area (Å²) in [4.78, 5) is 10.8. The predicted molar refractivity (Wildman–Crippen MR) is 81.6 cm³/mol. The Morgan fingerprint density at radius 2 is 1.89 bits per heavy atom. The van der Waals surface area contributed by atoms with Gasteiger partial charge in [0, 0.05) is 3.57 Å². The van der Waals surface area contributed by atoms with Crippen molar-refractivity contribution in [2.75, 3.05) is 0 Å². The lowest BCUT2D eigenvalue weighted by Gasteiger charge is -2.10. The van der Waals surface area contributed by atoms with Crippen molar-refractivity contribution in [1.82, 2.24) is 0 Å². The van der Waals surface area contributed by atoms with Gasteiger partial charge in [-0.1, -0.05) is 12.1 Å². The van der Waals surface area contributed by atoms with E-state index in [9.17, 15) is 4.79 Å². The van der Waals surface area contributed by atoms with Crippen LogP contribution in [0, 0.1) is 10.5 Å². The van der Waals surface area contributed by atoms with Gasteiger partial charge in [0.2, 0.25) is 0 Å². The Hall–Kier alpha value is -1.56. The minimum absolute atomic E-state index is 0.277. The van der Waals surface area contributed by atoms with Gasteiger partial charge in [0.25, 0.3) is 0 Å². The molecule has 0 fully saturated rings. The molecule has 2 rings (SSSR count). The summed E-state index contributed by atoms with van der Waals surface area (Å²) in [5.41, 5.74) is 2.19. The van der Waals surface area contributed by atoms with Crippen molar-refractivity contribution in [1.29, 1.82) is 0 Å². The molecule has 0 spiro atoms. The third-order valence-corrected chi connectivity index (χ3v) is 3.45. The molecule has 0 radical (unpaired) electrons. The molecule has 0 aromatic heterocycles. The predicted octanol–water partition coefficient (Wildman–Crippen LogP) is 3.88. The third-order valence-electron chi connectivity index (χ3n) is 2.73. The molecule has 4 heteroatoms. The van der Waals surface area contributed by atoms with Crippen molar-refractivity contribution in [2.24, 2.45) is 0 Å². The number of hydrogen-bond acceptors (Lipinski definition) is 2. The summed E-state index contributed by atoms with van der Waals surface area (Å²) in [7, 11) is 0. The van der Waals surface area contributed by atoms with E-state index in [1.54, 1.807) is 18.2 Å². The lowest BCUT2D eigenvalue weighted by molar-refractivity contribution is 0.0696. The second-order valence-corrected chi connectivity index (χ2v) is 5.45. The summed E-state index contributed by atoms with van der Waals surface area (Å²) < 4.78 is 6.89.